The van der Waals surface area contributed by atoms with Crippen molar-refractivity contribution < 1.29 is 19.1 Å². The van der Waals surface area contributed by atoms with Crippen LogP contribution in [-0.4, -0.2) is 39.5 Å². The molecule has 6 nitrogen and oxygen atoms in total. The second-order valence-corrected chi connectivity index (χ2v) is 6.07. The highest BCUT2D eigenvalue weighted by Gasteiger charge is 2.34. The molecular weight excluding hydrogens is 304 g/mol. The predicted molar refractivity (Wildman–Crippen MR) is 80.6 cm³/mol. The molecule has 116 valence electrons. The number of carbonyl (C=O) groups is 2. The number of oxazole rings is 1. The summed E-state index contributed by atoms with van der Waals surface area (Å²) in [5, 5.41) is 13.0. The zero-order valence-electron chi connectivity index (χ0n) is 12.1. The molecule has 1 atom stereocenters. The average Bonchev–Trinajstić information content (AvgIpc) is 3.18. The van der Waals surface area contributed by atoms with Crippen molar-refractivity contribution in [2.24, 2.45) is 0 Å². The summed E-state index contributed by atoms with van der Waals surface area (Å²) < 4.78 is 5.61. The minimum Gasteiger partial charge on any atom is -0.480 e. The van der Waals surface area contributed by atoms with Crippen LogP contribution in [0.1, 0.15) is 24.3 Å². The summed E-state index contributed by atoms with van der Waals surface area (Å²) in [5.41, 5.74) is 1.46. The molecule has 3 heterocycles. The lowest BCUT2D eigenvalue weighted by molar-refractivity contribution is -0.148. The first-order valence-electron chi connectivity index (χ1n) is 7.07. The molecule has 1 amide bonds. The second-order valence-electron chi connectivity index (χ2n) is 5.29. The lowest BCUT2D eigenvalue weighted by Crippen LogP contribution is -2.41. The number of carbonyl (C=O) groups excluding carboxylic acids is 1. The van der Waals surface area contributed by atoms with Crippen molar-refractivity contribution in [3.8, 4) is 11.5 Å². The van der Waals surface area contributed by atoms with Crippen LogP contribution in [0.3, 0.4) is 0 Å². The molecule has 1 fully saturated rings. The van der Waals surface area contributed by atoms with E-state index in [-0.39, 0.29) is 12.3 Å². The average molecular weight is 320 g/mol. The minimum absolute atomic E-state index is 0.0727. The zero-order chi connectivity index (χ0) is 15.7. The van der Waals surface area contributed by atoms with Crippen molar-refractivity contribution in [1.29, 1.82) is 0 Å². The van der Waals surface area contributed by atoms with E-state index in [0.717, 1.165) is 12.0 Å². The topological polar surface area (TPSA) is 83.6 Å². The molecule has 0 radical (unpaired) electrons. The number of nitrogens with zero attached hydrogens (tertiary/aromatic N) is 2. The number of rotatable bonds is 4. The predicted octanol–water partition coefficient (Wildman–Crippen LogP) is 2.33. The highest BCUT2D eigenvalue weighted by atomic mass is 32.1. The molecule has 0 aromatic carbocycles. The van der Waals surface area contributed by atoms with E-state index in [1.165, 1.54) is 4.90 Å². The summed E-state index contributed by atoms with van der Waals surface area (Å²) in [4.78, 5) is 29.3. The van der Waals surface area contributed by atoms with Crippen LogP contribution < -0.4 is 0 Å². The first-order chi connectivity index (χ1) is 10.6. The Morgan fingerprint density at radius 2 is 2.36 bits per heavy atom. The summed E-state index contributed by atoms with van der Waals surface area (Å²) in [5.74, 6) is -0.0572. The quantitative estimate of drug-likeness (QED) is 0.934. The first-order valence-corrected chi connectivity index (χ1v) is 8.01. The molecule has 1 saturated heterocycles. The van der Waals surface area contributed by atoms with E-state index in [9.17, 15) is 9.59 Å². The molecule has 1 N–H and O–H groups in total. The summed E-state index contributed by atoms with van der Waals surface area (Å²) in [6.07, 6.45) is 1.31. The Kier molecular flexibility index (Phi) is 3.98. The maximum atomic E-state index is 12.4. The van der Waals surface area contributed by atoms with Crippen molar-refractivity contribution >= 4 is 23.2 Å². The number of thiophene rings is 1. The number of carboxylic acids is 1. The standard InChI is InChI=1S/C15H16N2O4S/c1-9-11(16-14(21-9)10-4-6-22-8-10)7-13(18)17-5-2-3-12(17)15(19)20/h4,6,8,12H,2-3,5,7H2,1H3,(H,19,20). The van der Waals surface area contributed by atoms with E-state index < -0.39 is 12.0 Å². The molecule has 22 heavy (non-hydrogen) atoms. The number of aliphatic carboxylic acids is 1. The van der Waals surface area contributed by atoms with Gasteiger partial charge in [-0.3, -0.25) is 4.79 Å². The van der Waals surface area contributed by atoms with Gasteiger partial charge in [-0.25, -0.2) is 9.78 Å². The zero-order valence-corrected chi connectivity index (χ0v) is 12.9. The van der Waals surface area contributed by atoms with E-state index in [2.05, 4.69) is 4.98 Å². The fourth-order valence-corrected chi connectivity index (χ4v) is 3.30. The van der Waals surface area contributed by atoms with Crippen LogP contribution in [0.2, 0.25) is 0 Å². The number of aromatic nitrogens is 1. The minimum atomic E-state index is -0.943. The molecule has 3 rings (SSSR count). The van der Waals surface area contributed by atoms with Gasteiger partial charge >= 0.3 is 5.97 Å². The summed E-state index contributed by atoms with van der Waals surface area (Å²) in [6, 6.07) is 1.19. The van der Waals surface area contributed by atoms with Gasteiger partial charge in [0, 0.05) is 17.5 Å². The van der Waals surface area contributed by atoms with Crippen molar-refractivity contribution in [2.75, 3.05) is 6.54 Å². The summed E-state index contributed by atoms with van der Waals surface area (Å²) in [6.45, 7) is 2.26. The summed E-state index contributed by atoms with van der Waals surface area (Å²) >= 11 is 1.55. The Morgan fingerprint density at radius 3 is 3.05 bits per heavy atom. The fraction of sp³-hybridized carbons (Fsp3) is 0.400. The summed E-state index contributed by atoms with van der Waals surface area (Å²) in [7, 11) is 0. The van der Waals surface area contributed by atoms with Gasteiger partial charge in [0.2, 0.25) is 11.8 Å². The van der Waals surface area contributed by atoms with Crippen LogP contribution in [0.25, 0.3) is 11.5 Å². The van der Waals surface area contributed by atoms with Gasteiger partial charge in [0.15, 0.2) is 0 Å². The number of aryl methyl sites for hydroxylation is 1. The van der Waals surface area contributed by atoms with Crippen LogP contribution in [-0.2, 0) is 16.0 Å². The molecule has 0 saturated carbocycles. The molecule has 1 aliphatic heterocycles. The number of carboxylic acid groups (broad SMARTS) is 1. The maximum absolute atomic E-state index is 12.4. The Hall–Kier alpha value is -2.15. The monoisotopic (exact) mass is 320 g/mol. The van der Waals surface area contributed by atoms with Crippen molar-refractivity contribution in [2.45, 2.75) is 32.2 Å². The van der Waals surface area contributed by atoms with Crippen molar-refractivity contribution in [3.05, 3.63) is 28.3 Å². The first kappa shape index (κ1) is 14.8. The third-order valence-corrected chi connectivity index (χ3v) is 4.52. The molecule has 1 unspecified atom stereocenters. The number of hydrogen-bond donors (Lipinski definition) is 1. The van der Waals surface area contributed by atoms with E-state index in [0.29, 0.717) is 30.3 Å². The molecule has 1 aliphatic rings. The van der Waals surface area contributed by atoms with Crippen LogP contribution in [0, 0.1) is 6.92 Å². The molecule has 0 aliphatic carbocycles. The van der Waals surface area contributed by atoms with Crippen LogP contribution >= 0.6 is 11.3 Å². The lowest BCUT2D eigenvalue weighted by atomic mass is 10.2. The van der Waals surface area contributed by atoms with Crippen LogP contribution in [0.15, 0.2) is 21.2 Å². The van der Waals surface area contributed by atoms with Gasteiger partial charge in [-0.1, -0.05) is 0 Å². The number of likely N-dealkylation sites (tertiary alicyclic amines) is 1. The molecule has 2 aromatic heterocycles. The Balaban J connectivity index is 1.76. The van der Waals surface area contributed by atoms with Crippen LogP contribution in [0.4, 0.5) is 0 Å². The van der Waals surface area contributed by atoms with Gasteiger partial charge < -0.3 is 14.4 Å². The van der Waals surface area contributed by atoms with Gasteiger partial charge in [-0.05, 0) is 31.2 Å². The molecule has 7 heteroatoms. The third kappa shape index (κ3) is 2.76. The molecule has 0 spiro atoms. The van der Waals surface area contributed by atoms with Gasteiger partial charge in [0.1, 0.15) is 11.8 Å². The Morgan fingerprint density at radius 1 is 1.55 bits per heavy atom. The van der Waals surface area contributed by atoms with Gasteiger partial charge in [0.05, 0.1) is 12.1 Å². The van der Waals surface area contributed by atoms with Crippen LogP contribution in [0.5, 0.6) is 0 Å². The smallest absolute Gasteiger partial charge is 0.326 e. The Bertz CT molecular complexity index is 692. The molecule has 0 bridgehead atoms. The maximum Gasteiger partial charge on any atom is 0.326 e. The highest BCUT2D eigenvalue weighted by Crippen LogP contribution is 2.25. The normalized spacial score (nSPS) is 17.9. The molecular formula is C15H16N2O4S. The van der Waals surface area contributed by atoms with E-state index in [4.69, 9.17) is 9.52 Å². The van der Waals surface area contributed by atoms with Gasteiger partial charge in [0.25, 0.3) is 0 Å². The lowest BCUT2D eigenvalue weighted by Gasteiger charge is -2.20. The Labute approximate surface area is 131 Å². The number of hydrogen-bond acceptors (Lipinski definition) is 5. The van der Waals surface area contributed by atoms with Crippen molar-refractivity contribution in [3.63, 3.8) is 0 Å². The fourth-order valence-electron chi connectivity index (χ4n) is 2.67. The van der Waals surface area contributed by atoms with E-state index in [1.54, 1.807) is 18.3 Å². The second kappa shape index (κ2) is 5.92. The largest absolute Gasteiger partial charge is 0.480 e. The van der Waals surface area contributed by atoms with Crippen molar-refractivity contribution in [1.82, 2.24) is 9.88 Å². The van der Waals surface area contributed by atoms with E-state index >= 15 is 0 Å². The number of amides is 1. The highest BCUT2D eigenvalue weighted by molar-refractivity contribution is 7.08. The van der Waals surface area contributed by atoms with Gasteiger partial charge in [-0.2, -0.15) is 11.3 Å². The van der Waals surface area contributed by atoms with E-state index in [1.807, 2.05) is 16.8 Å². The molecule has 2 aromatic rings. The third-order valence-electron chi connectivity index (χ3n) is 3.84. The van der Waals surface area contributed by atoms with Gasteiger partial charge in [-0.15, -0.1) is 0 Å². The SMILES string of the molecule is Cc1oc(-c2ccsc2)nc1CC(=O)N1CCCC1C(=O)O.